The Bertz CT molecular complexity index is 724. The molecule has 0 bridgehead atoms. The Morgan fingerprint density at radius 3 is 2.48 bits per heavy atom. The van der Waals surface area contributed by atoms with E-state index in [9.17, 15) is 9.59 Å². The molecule has 5 nitrogen and oxygen atoms in total. The first kappa shape index (κ1) is 17.0. The molecule has 2 rings (SSSR count). The van der Waals surface area contributed by atoms with E-state index in [-0.39, 0.29) is 5.91 Å². The van der Waals surface area contributed by atoms with E-state index in [1.54, 1.807) is 13.0 Å². The van der Waals surface area contributed by atoms with Crippen molar-refractivity contribution < 1.29 is 14.3 Å². The summed E-state index contributed by atoms with van der Waals surface area (Å²) in [7, 11) is 0. The minimum absolute atomic E-state index is 0.338. The summed E-state index contributed by atoms with van der Waals surface area (Å²) >= 11 is 1.37. The summed E-state index contributed by atoms with van der Waals surface area (Å²) in [6.07, 6.45) is -0.721. The number of hydrogen-bond donors (Lipinski definition) is 2. The molecule has 6 heteroatoms. The Labute approximate surface area is 139 Å². The van der Waals surface area contributed by atoms with Gasteiger partial charge in [-0.15, -0.1) is 11.3 Å². The van der Waals surface area contributed by atoms with E-state index in [1.807, 2.05) is 45.0 Å². The molecule has 1 aromatic carbocycles. The second kappa shape index (κ2) is 7.28. The van der Waals surface area contributed by atoms with Crippen molar-refractivity contribution in [1.29, 1.82) is 0 Å². The average molecular weight is 332 g/mol. The zero-order valence-electron chi connectivity index (χ0n) is 13.6. The number of carbonyl (C=O) groups is 2. The lowest BCUT2D eigenvalue weighted by Crippen LogP contribution is -2.47. The zero-order valence-corrected chi connectivity index (χ0v) is 14.4. The number of amides is 2. The molecule has 1 unspecified atom stereocenters. The number of carbonyl (C=O) groups excluding carboxylic acids is 2. The predicted octanol–water partition coefficient (Wildman–Crippen LogP) is 2.90. The molecule has 1 atom stereocenters. The van der Waals surface area contributed by atoms with E-state index in [2.05, 4.69) is 10.9 Å². The summed E-state index contributed by atoms with van der Waals surface area (Å²) in [6.45, 7) is 7.48. The highest BCUT2D eigenvalue weighted by Gasteiger charge is 2.17. The molecular formula is C17H20N2O3S. The van der Waals surface area contributed by atoms with E-state index in [0.717, 1.165) is 16.0 Å². The SMILES string of the molecule is Cc1ccc(C(=O)NNC(=O)C(C)Oc2cccc(C)c2C)s1. The van der Waals surface area contributed by atoms with Crippen molar-refractivity contribution in [2.45, 2.75) is 33.8 Å². The van der Waals surface area contributed by atoms with Gasteiger partial charge in [0.05, 0.1) is 4.88 Å². The van der Waals surface area contributed by atoms with Crippen molar-refractivity contribution in [3.63, 3.8) is 0 Å². The fourth-order valence-electron chi connectivity index (χ4n) is 1.93. The van der Waals surface area contributed by atoms with Crippen LogP contribution in [-0.4, -0.2) is 17.9 Å². The third-order valence-corrected chi connectivity index (χ3v) is 4.49. The van der Waals surface area contributed by atoms with Gasteiger partial charge in [-0.2, -0.15) is 0 Å². The molecule has 0 aliphatic carbocycles. The van der Waals surface area contributed by atoms with E-state index in [0.29, 0.717) is 10.6 Å². The van der Waals surface area contributed by atoms with Crippen LogP contribution in [0.3, 0.4) is 0 Å². The van der Waals surface area contributed by atoms with Crippen LogP contribution in [-0.2, 0) is 4.79 Å². The minimum atomic E-state index is -0.721. The van der Waals surface area contributed by atoms with Crippen molar-refractivity contribution in [1.82, 2.24) is 10.9 Å². The largest absolute Gasteiger partial charge is 0.481 e. The summed E-state index contributed by atoms with van der Waals surface area (Å²) in [5.74, 6) is -0.0872. The smallest absolute Gasteiger partial charge is 0.279 e. The Kier molecular flexibility index (Phi) is 5.39. The van der Waals surface area contributed by atoms with Gasteiger partial charge >= 0.3 is 0 Å². The molecule has 2 N–H and O–H groups in total. The first-order chi connectivity index (χ1) is 10.9. The summed E-state index contributed by atoms with van der Waals surface area (Å²) in [5, 5.41) is 0. The van der Waals surface area contributed by atoms with Gasteiger partial charge < -0.3 is 4.74 Å². The molecule has 0 saturated heterocycles. The number of benzene rings is 1. The average Bonchev–Trinajstić information content (AvgIpc) is 2.95. The lowest BCUT2D eigenvalue weighted by Gasteiger charge is -2.17. The summed E-state index contributed by atoms with van der Waals surface area (Å²) in [5.41, 5.74) is 6.87. The first-order valence-electron chi connectivity index (χ1n) is 7.28. The zero-order chi connectivity index (χ0) is 17.0. The Morgan fingerprint density at radius 1 is 1.09 bits per heavy atom. The highest BCUT2D eigenvalue weighted by atomic mass is 32.1. The van der Waals surface area contributed by atoms with Crippen LogP contribution in [0.2, 0.25) is 0 Å². The number of hydrogen-bond acceptors (Lipinski definition) is 4. The lowest BCUT2D eigenvalue weighted by molar-refractivity contribution is -0.128. The van der Waals surface area contributed by atoms with E-state index in [4.69, 9.17) is 4.74 Å². The van der Waals surface area contributed by atoms with Crippen LogP contribution in [0.1, 0.15) is 32.6 Å². The van der Waals surface area contributed by atoms with Crippen LogP contribution in [0, 0.1) is 20.8 Å². The molecular weight excluding hydrogens is 312 g/mol. The van der Waals surface area contributed by atoms with Crippen molar-refractivity contribution in [3.05, 3.63) is 51.2 Å². The standard InChI is InChI=1S/C17H20N2O3S/c1-10-6-5-7-14(12(10)3)22-13(4)16(20)18-19-17(21)15-9-8-11(2)23-15/h5-9,13H,1-4H3,(H,18,20)(H,19,21). The monoisotopic (exact) mass is 332 g/mol. The molecule has 122 valence electrons. The molecule has 2 aromatic rings. The molecule has 2 amide bonds. The van der Waals surface area contributed by atoms with Crippen molar-refractivity contribution in [2.24, 2.45) is 0 Å². The van der Waals surface area contributed by atoms with E-state index in [1.165, 1.54) is 11.3 Å². The number of aryl methyl sites for hydroxylation is 2. The van der Waals surface area contributed by atoms with Gasteiger partial charge in [-0.1, -0.05) is 12.1 Å². The van der Waals surface area contributed by atoms with Gasteiger partial charge in [0, 0.05) is 4.88 Å². The van der Waals surface area contributed by atoms with Crippen LogP contribution < -0.4 is 15.6 Å². The molecule has 0 aliphatic rings. The lowest BCUT2D eigenvalue weighted by atomic mass is 10.1. The topological polar surface area (TPSA) is 67.4 Å². The van der Waals surface area contributed by atoms with Gasteiger partial charge in [0.25, 0.3) is 11.8 Å². The summed E-state index contributed by atoms with van der Waals surface area (Å²) in [4.78, 5) is 25.5. The Hall–Kier alpha value is -2.34. The third kappa shape index (κ3) is 4.32. The number of nitrogens with one attached hydrogen (secondary N) is 2. The van der Waals surface area contributed by atoms with E-state index < -0.39 is 12.0 Å². The molecule has 0 aliphatic heterocycles. The molecule has 0 fully saturated rings. The van der Waals surface area contributed by atoms with Crippen molar-refractivity contribution in [3.8, 4) is 5.75 Å². The predicted molar refractivity (Wildman–Crippen MR) is 90.7 cm³/mol. The highest BCUT2D eigenvalue weighted by Crippen LogP contribution is 2.21. The molecule has 0 saturated carbocycles. The number of ether oxygens (including phenoxy) is 1. The highest BCUT2D eigenvalue weighted by molar-refractivity contribution is 7.13. The number of rotatable bonds is 4. The summed E-state index contributed by atoms with van der Waals surface area (Å²) in [6, 6.07) is 9.25. The van der Waals surface area contributed by atoms with Gasteiger partial charge in [-0.3, -0.25) is 20.4 Å². The maximum absolute atomic E-state index is 12.0. The quantitative estimate of drug-likeness (QED) is 0.846. The van der Waals surface area contributed by atoms with Gasteiger partial charge in [0.2, 0.25) is 0 Å². The fraction of sp³-hybridized carbons (Fsp3) is 0.294. The van der Waals surface area contributed by atoms with Gasteiger partial charge in [-0.05, 0) is 57.0 Å². The van der Waals surface area contributed by atoms with Crippen LogP contribution in [0.25, 0.3) is 0 Å². The van der Waals surface area contributed by atoms with Crippen LogP contribution in [0.5, 0.6) is 5.75 Å². The fourth-order valence-corrected chi connectivity index (χ4v) is 2.70. The molecule has 23 heavy (non-hydrogen) atoms. The Balaban J connectivity index is 1.90. The van der Waals surface area contributed by atoms with Gasteiger partial charge in [0.1, 0.15) is 5.75 Å². The van der Waals surface area contributed by atoms with Crippen LogP contribution in [0.4, 0.5) is 0 Å². The molecule has 0 spiro atoms. The third-order valence-electron chi connectivity index (χ3n) is 3.49. The van der Waals surface area contributed by atoms with Crippen molar-refractivity contribution in [2.75, 3.05) is 0 Å². The van der Waals surface area contributed by atoms with Gasteiger partial charge in [0.15, 0.2) is 6.10 Å². The second-order valence-corrected chi connectivity index (χ2v) is 6.60. The normalized spacial score (nSPS) is 11.7. The minimum Gasteiger partial charge on any atom is -0.481 e. The molecule has 1 heterocycles. The molecule has 0 radical (unpaired) electrons. The Morgan fingerprint density at radius 2 is 1.83 bits per heavy atom. The van der Waals surface area contributed by atoms with Crippen LogP contribution in [0.15, 0.2) is 30.3 Å². The molecule has 1 aromatic heterocycles. The second-order valence-electron chi connectivity index (χ2n) is 5.31. The number of thiophene rings is 1. The summed E-state index contributed by atoms with van der Waals surface area (Å²) < 4.78 is 5.67. The maximum Gasteiger partial charge on any atom is 0.279 e. The van der Waals surface area contributed by atoms with Crippen molar-refractivity contribution >= 4 is 23.2 Å². The van der Waals surface area contributed by atoms with Crippen LogP contribution >= 0.6 is 11.3 Å². The first-order valence-corrected chi connectivity index (χ1v) is 8.09. The number of hydrazine groups is 1. The maximum atomic E-state index is 12.0. The van der Waals surface area contributed by atoms with Gasteiger partial charge in [-0.25, -0.2) is 0 Å². The van der Waals surface area contributed by atoms with E-state index >= 15 is 0 Å².